The molecule has 0 bridgehead atoms. The zero-order valence-corrected chi connectivity index (χ0v) is 10.7. The molecule has 0 rings (SSSR count). The van der Waals surface area contributed by atoms with E-state index in [1.54, 1.807) is 12.9 Å². The van der Waals surface area contributed by atoms with Gasteiger partial charge in [-0.15, -0.1) is 0 Å². The Labute approximate surface area is 107 Å². The van der Waals surface area contributed by atoms with Crippen LogP contribution in [0.15, 0.2) is 12.3 Å². The molecular formula is C12H23LiO2. The zero-order chi connectivity index (χ0) is 10.6. The number of hydrogen-bond donors (Lipinski definition) is 0. The predicted molar refractivity (Wildman–Crippen MR) is 59.8 cm³/mol. The van der Waals surface area contributed by atoms with E-state index in [0.29, 0.717) is 0 Å². The van der Waals surface area contributed by atoms with Gasteiger partial charge in [0.1, 0.15) is 0 Å². The van der Waals surface area contributed by atoms with Crippen LogP contribution in [0.4, 0.5) is 0 Å². The van der Waals surface area contributed by atoms with Gasteiger partial charge in [-0.05, 0) is 19.4 Å². The second kappa shape index (κ2) is 14.1. The van der Waals surface area contributed by atoms with Crippen molar-refractivity contribution in [3.63, 3.8) is 0 Å². The Morgan fingerprint density at radius 2 is 2.00 bits per heavy atom. The molecule has 3 heteroatoms. The van der Waals surface area contributed by atoms with Gasteiger partial charge in [0.2, 0.25) is 0 Å². The Hall–Kier alpha value is 0.0974. The average molecular weight is 206 g/mol. The van der Waals surface area contributed by atoms with Crippen molar-refractivity contribution in [1.29, 1.82) is 0 Å². The summed E-state index contributed by atoms with van der Waals surface area (Å²) < 4.78 is 10.6. The number of rotatable bonds is 9. The summed E-state index contributed by atoms with van der Waals surface area (Å²) in [6.45, 7) is 8.51. The summed E-state index contributed by atoms with van der Waals surface area (Å²) in [6, 6.07) is 0. The number of hydrogen-bond acceptors (Lipinski definition) is 2. The third-order valence-electron chi connectivity index (χ3n) is 1.98. The van der Waals surface area contributed by atoms with E-state index in [1.807, 2.05) is 19.9 Å². The number of unbranched alkanes of at least 4 members (excludes halogenated alkanes) is 2. The van der Waals surface area contributed by atoms with E-state index in [0.717, 1.165) is 13.0 Å². The molecule has 0 spiro atoms. The van der Waals surface area contributed by atoms with Gasteiger partial charge in [-0.2, -0.15) is 13.5 Å². The molecule has 0 aliphatic heterocycles. The molecule has 0 saturated carbocycles. The van der Waals surface area contributed by atoms with Gasteiger partial charge in [-0.25, -0.2) is 0 Å². The van der Waals surface area contributed by atoms with Crippen LogP contribution >= 0.6 is 0 Å². The van der Waals surface area contributed by atoms with Gasteiger partial charge in [-0.3, -0.25) is 0 Å². The van der Waals surface area contributed by atoms with Crippen molar-refractivity contribution in [2.45, 2.75) is 52.6 Å². The Bertz CT molecular complexity index is 138. The molecule has 2 nitrogen and oxygen atoms in total. The van der Waals surface area contributed by atoms with Crippen molar-refractivity contribution >= 4 is 0 Å². The maximum absolute atomic E-state index is 5.55. The van der Waals surface area contributed by atoms with Crippen LogP contribution in [-0.4, -0.2) is 12.7 Å². The minimum Gasteiger partial charge on any atom is -0.668 e. The summed E-state index contributed by atoms with van der Waals surface area (Å²) in [5.74, 6) is 0. The summed E-state index contributed by atoms with van der Waals surface area (Å²) in [7, 11) is 0. The Morgan fingerprint density at radius 1 is 1.27 bits per heavy atom. The molecule has 0 aromatic carbocycles. The summed E-state index contributed by atoms with van der Waals surface area (Å²) in [5.41, 5.74) is 0. The first-order valence-corrected chi connectivity index (χ1v) is 5.56. The van der Waals surface area contributed by atoms with Crippen LogP contribution in [0.3, 0.4) is 0 Å². The van der Waals surface area contributed by atoms with Gasteiger partial charge in [0, 0.05) is 12.9 Å². The van der Waals surface area contributed by atoms with E-state index in [4.69, 9.17) is 9.47 Å². The molecule has 1 atom stereocenters. The Kier molecular flexibility index (Phi) is 16.4. The van der Waals surface area contributed by atoms with Crippen LogP contribution in [0.25, 0.3) is 0 Å². The fourth-order valence-corrected chi connectivity index (χ4v) is 1.26. The molecule has 0 aliphatic rings. The molecule has 0 aliphatic carbocycles. The van der Waals surface area contributed by atoms with Crippen molar-refractivity contribution in [2.24, 2.45) is 0 Å². The molecule has 0 amide bonds. The molecule has 0 N–H and O–H groups in total. The van der Waals surface area contributed by atoms with Crippen LogP contribution in [-0.2, 0) is 9.47 Å². The molecule has 0 fully saturated rings. The first-order valence-electron chi connectivity index (χ1n) is 5.56. The normalized spacial score (nSPS) is 12.5. The zero-order valence-electron chi connectivity index (χ0n) is 10.7. The summed E-state index contributed by atoms with van der Waals surface area (Å²) in [4.78, 5) is 0. The van der Waals surface area contributed by atoms with Crippen LogP contribution in [0, 0.1) is 6.61 Å². The predicted octanol–water partition coefficient (Wildman–Crippen LogP) is 0.688. The molecule has 0 saturated heterocycles. The summed E-state index contributed by atoms with van der Waals surface area (Å²) >= 11 is 0. The van der Waals surface area contributed by atoms with E-state index >= 15 is 0 Å². The fourth-order valence-electron chi connectivity index (χ4n) is 1.26. The van der Waals surface area contributed by atoms with Gasteiger partial charge in [0.25, 0.3) is 0 Å². The maximum Gasteiger partial charge on any atom is 1.00 e. The topological polar surface area (TPSA) is 18.5 Å². The molecule has 1 unspecified atom stereocenters. The average Bonchev–Trinajstić information content (AvgIpc) is 2.18. The molecule has 0 aromatic heterocycles. The van der Waals surface area contributed by atoms with Gasteiger partial charge in [0.15, 0.2) is 0 Å². The van der Waals surface area contributed by atoms with Gasteiger partial charge >= 0.3 is 18.9 Å². The van der Waals surface area contributed by atoms with E-state index < -0.39 is 0 Å². The molecule has 0 radical (unpaired) electrons. The van der Waals surface area contributed by atoms with Crippen LogP contribution < -0.4 is 18.9 Å². The third kappa shape index (κ3) is 12.0. The van der Waals surface area contributed by atoms with Crippen molar-refractivity contribution in [3.8, 4) is 0 Å². The third-order valence-corrected chi connectivity index (χ3v) is 1.98. The fraction of sp³-hybridized carbons (Fsp3) is 0.750. The first kappa shape index (κ1) is 17.5. The monoisotopic (exact) mass is 206 g/mol. The summed E-state index contributed by atoms with van der Waals surface area (Å²) in [5, 5.41) is 0. The van der Waals surface area contributed by atoms with Crippen LogP contribution in [0.2, 0.25) is 0 Å². The van der Waals surface area contributed by atoms with Gasteiger partial charge < -0.3 is 9.47 Å². The molecule has 0 heterocycles. The van der Waals surface area contributed by atoms with E-state index in [1.165, 1.54) is 19.3 Å². The molecular weight excluding hydrogens is 183 g/mol. The van der Waals surface area contributed by atoms with Crippen LogP contribution in [0.5, 0.6) is 0 Å². The largest absolute Gasteiger partial charge is 1.00 e. The minimum absolute atomic E-state index is 0. The second-order valence-electron chi connectivity index (χ2n) is 3.19. The van der Waals surface area contributed by atoms with E-state index in [2.05, 4.69) is 6.92 Å². The standard InChI is InChI=1S/C12H23O2.Li/c1-4-7-8-9-12(14-6-3)10-11-13-5-2;/h5,10-12H,4,6-9H2,1-3H3;/q-1;+1. The number of ether oxygens (including phenoxy) is 2. The molecule has 84 valence electrons. The van der Waals surface area contributed by atoms with Crippen molar-refractivity contribution in [2.75, 3.05) is 6.61 Å². The van der Waals surface area contributed by atoms with Crippen molar-refractivity contribution < 1.29 is 28.3 Å². The Morgan fingerprint density at radius 3 is 2.53 bits per heavy atom. The molecule has 15 heavy (non-hydrogen) atoms. The first-order chi connectivity index (χ1) is 6.85. The van der Waals surface area contributed by atoms with Crippen LogP contribution in [0.1, 0.15) is 46.5 Å². The summed E-state index contributed by atoms with van der Waals surface area (Å²) in [6.07, 6.45) is 8.74. The van der Waals surface area contributed by atoms with Crippen molar-refractivity contribution in [1.82, 2.24) is 0 Å². The van der Waals surface area contributed by atoms with E-state index in [-0.39, 0.29) is 25.0 Å². The maximum atomic E-state index is 5.55. The van der Waals surface area contributed by atoms with Crippen molar-refractivity contribution in [3.05, 3.63) is 18.9 Å². The minimum atomic E-state index is 0. The Balaban J connectivity index is 0. The van der Waals surface area contributed by atoms with Gasteiger partial charge in [0.05, 0.1) is 6.10 Å². The van der Waals surface area contributed by atoms with E-state index in [9.17, 15) is 0 Å². The SMILES string of the molecule is C[CH-]OC=CC(CCCCC)OCC.[Li+]. The quantitative estimate of drug-likeness (QED) is 0.239. The second-order valence-corrected chi connectivity index (χ2v) is 3.19. The molecule has 0 aromatic rings. The smallest absolute Gasteiger partial charge is 0.668 e. The van der Waals surface area contributed by atoms with Gasteiger partial charge in [-0.1, -0.05) is 26.2 Å².